The summed E-state index contributed by atoms with van der Waals surface area (Å²) in [5, 5.41) is 8.88. The van der Waals surface area contributed by atoms with Gasteiger partial charge < -0.3 is 0 Å². The number of unbranched alkanes of at least 4 members (excludes halogenated alkanes) is 1. The van der Waals surface area contributed by atoms with E-state index in [1.165, 1.54) is 44.9 Å². The van der Waals surface area contributed by atoms with E-state index in [0.29, 0.717) is 12.2 Å². The van der Waals surface area contributed by atoms with Gasteiger partial charge in [-0.3, -0.25) is 0 Å². The highest BCUT2D eigenvalue weighted by Crippen LogP contribution is 2.44. The van der Waals surface area contributed by atoms with Crippen molar-refractivity contribution in [2.75, 3.05) is 0 Å². The average molecular weight is 372 g/mol. The molecule has 2 aliphatic carbocycles. The number of hydrogen-bond acceptors (Lipinski definition) is 1. The smallest absolute Gasteiger partial charge is 0.141 e. The van der Waals surface area contributed by atoms with Crippen LogP contribution in [-0.2, 0) is 0 Å². The van der Waals surface area contributed by atoms with Crippen LogP contribution in [0.5, 0.6) is 0 Å². The van der Waals surface area contributed by atoms with Crippen LogP contribution in [0.2, 0.25) is 0 Å². The highest BCUT2D eigenvalue weighted by Gasteiger charge is 2.31. The molecule has 0 unspecified atom stereocenters. The van der Waals surface area contributed by atoms with Gasteiger partial charge in [0.15, 0.2) is 0 Å². The number of rotatable bonds is 6. The summed E-state index contributed by atoms with van der Waals surface area (Å²) in [6, 6.07) is 7.05. The van der Waals surface area contributed by atoms with Gasteiger partial charge in [-0.2, -0.15) is 5.26 Å². The Morgan fingerprint density at radius 2 is 1.67 bits per heavy atom. The Hall–Kier alpha value is -1.69. The topological polar surface area (TPSA) is 23.8 Å². The van der Waals surface area contributed by atoms with E-state index in [0.717, 1.165) is 49.0 Å². The number of nitriles is 1. The Morgan fingerprint density at radius 3 is 2.26 bits per heavy atom. The van der Waals surface area contributed by atoms with Crippen LogP contribution in [0.3, 0.4) is 0 Å². The van der Waals surface area contributed by atoms with E-state index in [9.17, 15) is 8.78 Å². The molecule has 0 heterocycles. The van der Waals surface area contributed by atoms with Gasteiger partial charge in [0.05, 0.1) is 11.9 Å². The van der Waals surface area contributed by atoms with Gasteiger partial charge in [0, 0.05) is 0 Å². The third-order valence-electron chi connectivity index (χ3n) is 6.99. The van der Waals surface area contributed by atoms with Gasteiger partial charge in [-0.15, -0.1) is 0 Å². The van der Waals surface area contributed by atoms with E-state index < -0.39 is 0 Å². The van der Waals surface area contributed by atoms with E-state index in [-0.39, 0.29) is 11.4 Å². The number of benzene rings is 1. The molecule has 3 rings (SSSR count). The van der Waals surface area contributed by atoms with Crippen molar-refractivity contribution in [3.05, 3.63) is 47.5 Å². The van der Waals surface area contributed by atoms with Crippen LogP contribution in [-0.4, -0.2) is 0 Å². The number of hydrogen-bond donors (Lipinski definition) is 0. The molecule has 1 aromatic carbocycles. The van der Waals surface area contributed by atoms with Crippen molar-refractivity contribution in [1.82, 2.24) is 0 Å². The molecule has 0 bridgehead atoms. The Kier molecular flexibility index (Phi) is 7.44. The molecule has 3 heteroatoms. The van der Waals surface area contributed by atoms with Crippen LogP contribution in [0.15, 0.2) is 30.6 Å². The summed E-state index contributed by atoms with van der Waals surface area (Å²) >= 11 is 0. The summed E-state index contributed by atoms with van der Waals surface area (Å²) in [5.74, 6) is 2.61. The predicted molar refractivity (Wildman–Crippen MR) is 105 cm³/mol. The first-order chi connectivity index (χ1) is 13.2. The van der Waals surface area contributed by atoms with E-state index in [1.807, 2.05) is 12.1 Å². The van der Waals surface area contributed by atoms with Gasteiger partial charge in [-0.1, -0.05) is 31.4 Å². The monoisotopic (exact) mass is 371 g/mol. The highest BCUT2D eigenvalue weighted by molar-refractivity contribution is 5.34. The van der Waals surface area contributed by atoms with Crippen molar-refractivity contribution >= 4 is 0 Å². The normalized spacial score (nSPS) is 28.9. The van der Waals surface area contributed by atoms with E-state index in [4.69, 9.17) is 5.26 Å². The van der Waals surface area contributed by atoms with Gasteiger partial charge in [0.25, 0.3) is 0 Å². The fourth-order valence-corrected chi connectivity index (χ4v) is 5.34. The fourth-order valence-electron chi connectivity index (χ4n) is 5.34. The molecule has 2 fully saturated rings. The summed E-state index contributed by atoms with van der Waals surface area (Å²) in [6.07, 6.45) is 15.7. The molecule has 2 saturated carbocycles. The van der Waals surface area contributed by atoms with Gasteiger partial charge in [-0.25, -0.2) is 8.78 Å². The largest absolute Gasteiger partial charge is 0.216 e. The molecule has 0 atom stereocenters. The molecule has 0 radical (unpaired) electrons. The van der Waals surface area contributed by atoms with Crippen LogP contribution in [0, 0.1) is 34.9 Å². The summed E-state index contributed by atoms with van der Waals surface area (Å²) in [5.41, 5.74) is 1.21. The Morgan fingerprint density at radius 1 is 1.00 bits per heavy atom. The van der Waals surface area contributed by atoms with Crippen molar-refractivity contribution in [2.24, 2.45) is 17.8 Å². The predicted octanol–water partition coefficient (Wildman–Crippen LogP) is 7.43. The second kappa shape index (κ2) is 10.0. The number of nitrogens with zero attached hydrogens (tertiary/aromatic N) is 1. The molecular formula is C24H31F2N. The maximum Gasteiger partial charge on any atom is 0.141 e. The summed E-state index contributed by atoms with van der Waals surface area (Å²) in [4.78, 5) is 0. The van der Waals surface area contributed by atoms with Crippen LogP contribution in [0.4, 0.5) is 8.78 Å². The fraction of sp³-hybridized carbons (Fsp3) is 0.625. The maximum absolute atomic E-state index is 13.9. The molecule has 0 N–H and O–H groups in total. The molecule has 0 spiro atoms. The lowest BCUT2D eigenvalue weighted by molar-refractivity contribution is 0.156. The maximum atomic E-state index is 13.9. The molecule has 0 aliphatic heterocycles. The van der Waals surface area contributed by atoms with Gasteiger partial charge in [0.1, 0.15) is 11.9 Å². The molecule has 1 nitrogen and oxygen atoms in total. The first kappa shape index (κ1) is 20.1. The Labute approximate surface area is 162 Å². The quantitative estimate of drug-likeness (QED) is 0.477. The second-order valence-electron chi connectivity index (χ2n) is 8.54. The van der Waals surface area contributed by atoms with Crippen LogP contribution < -0.4 is 0 Å². The third-order valence-corrected chi connectivity index (χ3v) is 6.99. The molecule has 0 aromatic heterocycles. The minimum atomic E-state index is -0.377. The standard InChI is InChI=1S/C24H31F2N/c25-15-3-1-2-4-18-5-7-19(8-6-18)20-9-11-21(12-10-20)22-13-14-23(17-27)24(26)16-22/h3,13-16,18-21H,1-2,4-12H2/t18-,19-,20-,21-. The first-order valence-electron chi connectivity index (χ1n) is 10.7. The zero-order chi connectivity index (χ0) is 19.1. The lowest BCUT2D eigenvalue weighted by atomic mass is 9.68. The molecule has 0 saturated heterocycles. The van der Waals surface area contributed by atoms with E-state index in [1.54, 1.807) is 18.2 Å². The minimum Gasteiger partial charge on any atom is -0.216 e. The van der Waals surface area contributed by atoms with Crippen molar-refractivity contribution in [3.8, 4) is 6.07 Å². The molecular weight excluding hydrogens is 340 g/mol. The summed E-state index contributed by atoms with van der Waals surface area (Å²) in [6.45, 7) is 0. The molecule has 0 amide bonds. The summed E-state index contributed by atoms with van der Waals surface area (Å²) in [7, 11) is 0. The lowest BCUT2D eigenvalue weighted by Crippen LogP contribution is -2.25. The van der Waals surface area contributed by atoms with Crippen molar-refractivity contribution < 1.29 is 8.78 Å². The number of halogens is 2. The Balaban J connectivity index is 1.42. The van der Waals surface area contributed by atoms with Crippen LogP contribution in [0.25, 0.3) is 0 Å². The molecule has 2 aliphatic rings. The lowest BCUT2D eigenvalue weighted by Gasteiger charge is -2.38. The molecule has 146 valence electrons. The van der Waals surface area contributed by atoms with Crippen molar-refractivity contribution in [2.45, 2.75) is 76.5 Å². The average Bonchev–Trinajstić information content (AvgIpc) is 2.72. The van der Waals surface area contributed by atoms with Gasteiger partial charge in [-0.05, 0) is 92.7 Å². The van der Waals surface area contributed by atoms with E-state index >= 15 is 0 Å². The minimum absolute atomic E-state index is 0.143. The van der Waals surface area contributed by atoms with Crippen LogP contribution >= 0.6 is 0 Å². The van der Waals surface area contributed by atoms with Gasteiger partial charge in [0.2, 0.25) is 0 Å². The zero-order valence-electron chi connectivity index (χ0n) is 16.2. The summed E-state index contributed by atoms with van der Waals surface area (Å²) < 4.78 is 25.9. The highest BCUT2D eigenvalue weighted by atomic mass is 19.1. The number of allylic oxidation sites excluding steroid dienone is 1. The Bertz CT molecular complexity index is 659. The first-order valence-corrected chi connectivity index (χ1v) is 10.7. The SMILES string of the molecule is N#Cc1ccc([C@H]2CC[C@H]([C@H]3CC[C@H](CCCC=CF)CC3)CC2)cc1F. The molecule has 27 heavy (non-hydrogen) atoms. The third kappa shape index (κ3) is 5.41. The molecule has 1 aromatic rings. The zero-order valence-corrected chi connectivity index (χ0v) is 16.2. The van der Waals surface area contributed by atoms with Crippen molar-refractivity contribution in [1.29, 1.82) is 5.26 Å². The van der Waals surface area contributed by atoms with Crippen molar-refractivity contribution in [3.63, 3.8) is 0 Å². The van der Waals surface area contributed by atoms with Crippen LogP contribution in [0.1, 0.15) is 87.7 Å². The van der Waals surface area contributed by atoms with E-state index in [2.05, 4.69) is 0 Å². The van der Waals surface area contributed by atoms with Gasteiger partial charge >= 0.3 is 0 Å². The second-order valence-corrected chi connectivity index (χ2v) is 8.54.